The molecule has 0 unspecified atom stereocenters. The monoisotopic (exact) mass is 538 g/mol. The fourth-order valence-corrected chi connectivity index (χ4v) is 6.46. The van der Waals surface area contributed by atoms with Gasteiger partial charge in [0.05, 0.1) is 33.4 Å². The molecule has 0 saturated heterocycles. The van der Waals surface area contributed by atoms with E-state index in [9.17, 15) is 5.26 Å². The summed E-state index contributed by atoms with van der Waals surface area (Å²) in [5.41, 5.74) is 11.0. The summed E-state index contributed by atoms with van der Waals surface area (Å²) in [7, 11) is 0. The zero-order valence-corrected chi connectivity index (χ0v) is 23.3. The van der Waals surface area contributed by atoms with Gasteiger partial charge in [-0.2, -0.15) is 5.26 Å². The molecule has 0 spiro atoms. The van der Waals surface area contributed by atoms with Gasteiger partial charge in [-0.25, -0.2) is 0 Å². The van der Waals surface area contributed by atoms with Crippen LogP contribution in [0.25, 0.3) is 66.1 Å². The van der Waals surface area contributed by atoms with E-state index in [0.717, 1.165) is 55.3 Å². The third-order valence-corrected chi connectivity index (χ3v) is 8.34. The molecule has 3 heterocycles. The average molecular weight is 539 g/mol. The molecule has 0 saturated carbocycles. The number of benzene rings is 5. The van der Waals surface area contributed by atoms with Crippen molar-refractivity contribution in [3.05, 3.63) is 138 Å². The summed E-state index contributed by atoms with van der Waals surface area (Å²) in [6.45, 7) is 4.23. The molecule has 198 valence electrons. The number of aromatic nitrogens is 3. The van der Waals surface area contributed by atoms with Crippen LogP contribution >= 0.6 is 0 Å². The van der Waals surface area contributed by atoms with Gasteiger partial charge in [-0.05, 0) is 73.0 Å². The quantitative estimate of drug-likeness (QED) is 0.225. The number of nitrogens with zero attached hydrogens (tertiary/aromatic N) is 4. The first-order valence-electron chi connectivity index (χ1n) is 14.1. The molecule has 0 atom stereocenters. The molecular weight excluding hydrogens is 512 g/mol. The summed E-state index contributed by atoms with van der Waals surface area (Å²) in [4.78, 5) is 4.43. The van der Waals surface area contributed by atoms with Crippen molar-refractivity contribution in [1.82, 2.24) is 14.1 Å². The Hall–Kier alpha value is -5.66. The summed E-state index contributed by atoms with van der Waals surface area (Å²) in [5.74, 6) is 0. The summed E-state index contributed by atoms with van der Waals surface area (Å²) in [6.07, 6.45) is 3.68. The first-order chi connectivity index (χ1) is 20.6. The molecule has 4 nitrogen and oxygen atoms in total. The van der Waals surface area contributed by atoms with Gasteiger partial charge in [-0.15, -0.1) is 0 Å². The van der Waals surface area contributed by atoms with Crippen LogP contribution in [0.1, 0.15) is 16.7 Å². The molecule has 0 bridgehead atoms. The minimum atomic E-state index is 0.621. The SMILES string of the molecule is Cc1ccc2c3ccccc3n(-c3cc(-c4cccnc4)cc(-n4c5ccccc5c5ccc(C)cc54)c3C#N)c2c1. The van der Waals surface area contributed by atoms with Gasteiger partial charge in [0.1, 0.15) is 11.6 Å². The van der Waals surface area contributed by atoms with E-state index in [-0.39, 0.29) is 0 Å². The van der Waals surface area contributed by atoms with Crippen molar-refractivity contribution in [2.75, 3.05) is 0 Å². The van der Waals surface area contributed by atoms with E-state index in [4.69, 9.17) is 0 Å². The lowest BCUT2D eigenvalue weighted by molar-refractivity contribution is 1.12. The largest absolute Gasteiger partial charge is 0.308 e. The Morgan fingerprint density at radius 1 is 0.548 bits per heavy atom. The van der Waals surface area contributed by atoms with Gasteiger partial charge in [0.2, 0.25) is 0 Å². The van der Waals surface area contributed by atoms with E-state index in [2.05, 4.69) is 137 Å². The van der Waals surface area contributed by atoms with Crippen LogP contribution in [0.5, 0.6) is 0 Å². The predicted octanol–water partition coefficient (Wildman–Crippen LogP) is 9.43. The van der Waals surface area contributed by atoms with Gasteiger partial charge in [-0.1, -0.05) is 66.7 Å². The van der Waals surface area contributed by atoms with E-state index < -0.39 is 0 Å². The Balaban J connectivity index is 1.58. The van der Waals surface area contributed by atoms with Gasteiger partial charge >= 0.3 is 0 Å². The fourth-order valence-electron chi connectivity index (χ4n) is 6.46. The van der Waals surface area contributed by atoms with Crippen LogP contribution in [-0.2, 0) is 0 Å². The Kier molecular flexibility index (Phi) is 5.29. The Labute approximate surface area is 243 Å². The van der Waals surface area contributed by atoms with E-state index in [1.165, 1.54) is 21.9 Å². The minimum absolute atomic E-state index is 0.621. The smallest absolute Gasteiger partial charge is 0.104 e. The van der Waals surface area contributed by atoms with Crippen LogP contribution in [0.3, 0.4) is 0 Å². The van der Waals surface area contributed by atoms with Crippen molar-refractivity contribution >= 4 is 43.6 Å². The average Bonchev–Trinajstić information content (AvgIpc) is 3.52. The highest BCUT2D eigenvalue weighted by Crippen LogP contribution is 2.40. The normalized spacial score (nSPS) is 11.5. The van der Waals surface area contributed by atoms with Crippen molar-refractivity contribution in [3.8, 4) is 28.6 Å². The lowest BCUT2D eigenvalue weighted by Gasteiger charge is -2.18. The van der Waals surface area contributed by atoms with E-state index in [1.807, 2.05) is 12.3 Å². The van der Waals surface area contributed by atoms with E-state index in [0.29, 0.717) is 5.56 Å². The third kappa shape index (κ3) is 3.51. The summed E-state index contributed by atoms with van der Waals surface area (Å²) in [6, 6.07) is 41.0. The summed E-state index contributed by atoms with van der Waals surface area (Å²) in [5, 5.41) is 15.6. The molecule has 0 N–H and O–H groups in total. The van der Waals surface area contributed by atoms with Gasteiger partial charge in [0.15, 0.2) is 0 Å². The first-order valence-corrected chi connectivity index (χ1v) is 14.1. The fraction of sp³-hybridized carbons (Fsp3) is 0.0526. The second-order valence-corrected chi connectivity index (χ2v) is 11.0. The maximum atomic E-state index is 11.0. The van der Waals surface area contributed by atoms with Gasteiger partial charge in [-0.3, -0.25) is 4.98 Å². The van der Waals surface area contributed by atoms with Crippen LogP contribution in [0.15, 0.2) is 122 Å². The zero-order chi connectivity index (χ0) is 28.4. The molecule has 0 amide bonds. The highest BCUT2D eigenvalue weighted by Gasteiger charge is 2.22. The van der Waals surface area contributed by atoms with Crippen LogP contribution in [-0.4, -0.2) is 14.1 Å². The van der Waals surface area contributed by atoms with Crippen LogP contribution in [0.4, 0.5) is 0 Å². The number of hydrogen-bond donors (Lipinski definition) is 0. The van der Waals surface area contributed by atoms with E-state index >= 15 is 0 Å². The topological polar surface area (TPSA) is 46.5 Å². The number of aryl methyl sites for hydroxylation is 2. The molecule has 0 radical (unpaired) electrons. The molecular formula is C38H26N4. The third-order valence-electron chi connectivity index (χ3n) is 8.34. The maximum Gasteiger partial charge on any atom is 0.104 e. The lowest BCUT2D eigenvalue weighted by atomic mass is 10.0. The van der Waals surface area contributed by atoms with Crippen molar-refractivity contribution in [1.29, 1.82) is 5.26 Å². The second kappa shape index (κ2) is 9.19. The molecule has 5 aromatic carbocycles. The minimum Gasteiger partial charge on any atom is -0.308 e. The molecule has 0 aliphatic rings. The number of fused-ring (bicyclic) bond motifs is 6. The van der Waals surface area contributed by atoms with Crippen LogP contribution in [0.2, 0.25) is 0 Å². The Morgan fingerprint density at radius 2 is 1.07 bits per heavy atom. The standard InChI is InChI=1S/C38H26N4/c1-24-13-15-30-28-9-3-5-11-33(28)41(35(30)18-24)37-20-27(26-8-7-17-40-23-26)21-38(32(37)22-39)42-34-12-6-4-10-29(34)31-16-14-25(2)19-36(31)42/h3-21,23H,1-2H3. The van der Waals surface area contributed by atoms with Crippen LogP contribution in [0, 0.1) is 25.2 Å². The molecule has 0 aliphatic carbocycles. The number of hydrogen-bond acceptors (Lipinski definition) is 2. The number of para-hydroxylation sites is 2. The van der Waals surface area contributed by atoms with Gasteiger partial charge in [0, 0.05) is 39.5 Å². The molecule has 0 fully saturated rings. The highest BCUT2D eigenvalue weighted by molar-refractivity contribution is 6.11. The first kappa shape index (κ1) is 24.2. The van der Waals surface area contributed by atoms with Crippen LogP contribution < -0.4 is 0 Å². The summed E-state index contributed by atoms with van der Waals surface area (Å²) < 4.78 is 4.53. The Bertz CT molecular complexity index is 2240. The zero-order valence-electron chi connectivity index (χ0n) is 23.3. The molecule has 8 rings (SSSR count). The Morgan fingerprint density at radius 3 is 1.57 bits per heavy atom. The van der Waals surface area contributed by atoms with Gasteiger partial charge < -0.3 is 9.13 Å². The van der Waals surface area contributed by atoms with Crippen molar-refractivity contribution < 1.29 is 0 Å². The van der Waals surface area contributed by atoms with E-state index in [1.54, 1.807) is 6.20 Å². The predicted molar refractivity (Wildman–Crippen MR) is 173 cm³/mol. The number of pyridine rings is 1. The maximum absolute atomic E-state index is 11.0. The molecule has 4 heteroatoms. The molecule has 8 aromatic rings. The van der Waals surface area contributed by atoms with Gasteiger partial charge in [0.25, 0.3) is 0 Å². The lowest BCUT2D eigenvalue weighted by Crippen LogP contribution is -2.05. The summed E-state index contributed by atoms with van der Waals surface area (Å²) >= 11 is 0. The van der Waals surface area contributed by atoms with Crippen molar-refractivity contribution in [3.63, 3.8) is 0 Å². The number of nitriles is 1. The molecule has 3 aromatic heterocycles. The highest BCUT2D eigenvalue weighted by atomic mass is 15.0. The molecule has 0 aliphatic heterocycles. The second-order valence-electron chi connectivity index (χ2n) is 11.0. The van der Waals surface area contributed by atoms with Crippen molar-refractivity contribution in [2.45, 2.75) is 13.8 Å². The van der Waals surface area contributed by atoms with Crippen molar-refractivity contribution in [2.24, 2.45) is 0 Å². The molecule has 42 heavy (non-hydrogen) atoms. The number of rotatable bonds is 3.